The van der Waals surface area contributed by atoms with Crippen molar-refractivity contribution in [3.05, 3.63) is 35.4 Å². The van der Waals surface area contributed by atoms with Gasteiger partial charge in [-0.05, 0) is 39.5 Å². The molecule has 1 unspecified atom stereocenters. The van der Waals surface area contributed by atoms with Gasteiger partial charge in [0.25, 0.3) is 0 Å². The fraction of sp³-hybridized carbons (Fsp3) is 0.625. The Kier molecular flexibility index (Phi) is 5.37. The topological polar surface area (TPSA) is 15.7 Å². The third-order valence-corrected chi connectivity index (χ3v) is 3.80. The van der Waals surface area contributed by atoms with Crippen molar-refractivity contribution in [1.29, 1.82) is 0 Å². The van der Waals surface area contributed by atoms with E-state index < -0.39 is 0 Å². The van der Waals surface area contributed by atoms with Crippen LogP contribution in [0, 0.1) is 6.92 Å². The molecule has 0 aliphatic carbocycles. The average molecular weight is 262 g/mol. The van der Waals surface area contributed by atoms with Crippen LogP contribution in [0.25, 0.3) is 0 Å². The molecule has 1 heterocycles. The van der Waals surface area contributed by atoms with Crippen LogP contribution in [0.5, 0.6) is 0 Å². The molecule has 0 N–H and O–H groups in total. The lowest BCUT2D eigenvalue weighted by Gasteiger charge is -2.35. The zero-order valence-corrected chi connectivity index (χ0v) is 12.4. The van der Waals surface area contributed by atoms with Gasteiger partial charge in [0.05, 0.1) is 13.2 Å². The summed E-state index contributed by atoms with van der Waals surface area (Å²) in [5, 5.41) is 0. The predicted octanol–water partition coefficient (Wildman–Crippen LogP) is 2.32. The summed E-state index contributed by atoms with van der Waals surface area (Å²) in [5.74, 6) is 0. The van der Waals surface area contributed by atoms with E-state index in [2.05, 4.69) is 55.1 Å². The molecule has 0 bridgehead atoms. The maximum atomic E-state index is 5.48. The minimum atomic E-state index is 0.520. The first-order chi connectivity index (χ1) is 9.16. The SMILES string of the molecule is Cc1ccc(C(CCN(C)C)N2CCOCC2)cc1. The maximum Gasteiger partial charge on any atom is 0.0594 e. The molecular weight excluding hydrogens is 236 g/mol. The second-order valence-electron chi connectivity index (χ2n) is 5.67. The van der Waals surface area contributed by atoms with Crippen molar-refractivity contribution in [2.45, 2.75) is 19.4 Å². The fourth-order valence-corrected chi connectivity index (χ4v) is 2.62. The highest BCUT2D eigenvalue weighted by Gasteiger charge is 2.22. The van der Waals surface area contributed by atoms with E-state index in [0.29, 0.717) is 6.04 Å². The molecule has 1 aliphatic rings. The Labute approximate surface area is 117 Å². The second kappa shape index (κ2) is 7.04. The third kappa shape index (κ3) is 4.30. The van der Waals surface area contributed by atoms with Gasteiger partial charge in [-0.25, -0.2) is 0 Å². The zero-order chi connectivity index (χ0) is 13.7. The van der Waals surface area contributed by atoms with Crippen LogP contribution < -0.4 is 0 Å². The van der Waals surface area contributed by atoms with Gasteiger partial charge < -0.3 is 9.64 Å². The smallest absolute Gasteiger partial charge is 0.0594 e. The highest BCUT2D eigenvalue weighted by Crippen LogP contribution is 2.25. The Hall–Kier alpha value is -0.900. The van der Waals surface area contributed by atoms with Gasteiger partial charge in [-0.3, -0.25) is 4.90 Å². The van der Waals surface area contributed by atoms with E-state index in [1.165, 1.54) is 17.5 Å². The molecule has 0 spiro atoms. The quantitative estimate of drug-likeness (QED) is 0.810. The Bertz CT molecular complexity index is 369. The van der Waals surface area contributed by atoms with Crippen LogP contribution in [0.3, 0.4) is 0 Å². The number of hydrogen-bond donors (Lipinski definition) is 0. The number of hydrogen-bond acceptors (Lipinski definition) is 3. The molecule has 1 aromatic carbocycles. The number of benzene rings is 1. The molecule has 1 atom stereocenters. The fourth-order valence-electron chi connectivity index (χ4n) is 2.62. The van der Waals surface area contributed by atoms with Gasteiger partial charge in [0.2, 0.25) is 0 Å². The summed E-state index contributed by atoms with van der Waals surface area (Å²) in [6.45, 7) is 7.09. The molecule has 3 heteroatoms. The van der Waals surface area contributed by atoms with Crippen LogP contribution in [0.15, 0.2) is 24.3 Å². The number of rotatable bonds is 5. The molecule has 0 amide bonds. The van der Waals surface area contributed by atoms with Crippen molar-refractivity contribution in [2.24, 2.45) is 0 Å². The van der Waals surface area contributed by atoms with E-state index >= 15 is 0 Å². The molecular formula is C16H26N2O. The molecule has 2 rings (SSSR count). The molecule has 3 nitrogen and oxygen atoms in total. The first-order valence-electron chi connectivity index (χ1n) is 7.20. The minimum absolute atomic E-state index is 0.520. The standard InChI is InChI=1S/C16H26N2O/c1-14-4-6-15(7-5-14)16(8-9-17(2)3)18-10-12-19-13-11-18/h4-7,16H,8-13H2,1-3H3. The van der Waals surface area contributed by atoms with E-state index in [0.717, 1.165) is 32.8 Å². The van der Waals surface area contributed by atoms with Crippen molar-refractivity contribution in [3.8, 4) is 0 Å². The van der Waals surface area contributed by atoms with Crippen molar-refractivity contribution < 1.29 is 4.74 Å². The Morgan fingerprint density at radius 2 is 1.79 bits per heavy atom. The van der Waals surface area contributed by atoms with Gasteiger partial charge in [-0.2, -0.15) is 0 Å². The normalized spacial score (nSPS) is 18.7. The van der Waals surface area contributed by atoms with Crippen LogP contribution in [0.4, 0.5) is 0 Å². The third-order valence-electron chi connectivity index (χ3n) is 3.80. The number of aryl methyl sites for hydroxylation is 1. The van der Waals surface area contributed by atoms with E-state index in [-0.39, 0.29) is 0 Å². The molecule has 0 aromatic heterocycles. The molecule has 1 aromatic rings. The summed E-state index contributed by atoms with van der Waals surface area (Å²) in [6, 6.07) is 9.53. The summed E-state index contributed by atoms with van der Waals surface area (Å²) < 4.78 is 5.48. The number of nitrogens with zero attached hydrogens (tertiary/aromatic N) is 2. The van der Waals surface area contributed by atoms with Crippen molar-refractivity contribution in [2.75, 3.05) is 46.9 Å². The lowest BCUT2D eigenvalue weighted by molar-refractivity contribution is 0.0129. The largest absolute Gasteiger partial charge is 0.379 e. The van der Waals surface area contributed by atoms with Crippen molar-refractivity contribution in [1.82, 2.24) is 9.80 Å². The van der Waals surface area contributed by atoms with Crippen LogP contribution in [0.2, 0.25) is 0 Å². The van der Waals surface area contributed by atoms with Gasteiger partial charge in [-0.15, -0.1) is 0 Å². The highest BCUT2D eigenvalue weighted by atomic mass is 16.5. The monoisotopic (exact) mass is 262 g/mol. The Balaban J connectivity index is 2.10. The summed E-state index contributed by atoms with van der Waals surface area (Å²) in [7, 11) is 4.29. The Morgan fingerprint density at radius 1 is 1.16 bits per heavy atom. The van der Waals surface area contributed by atoms with Crippen molar-refractivity contribution >= 4 is 0 Å². The van der Waals surface area contributed by atoms with Gasteiger partial charge in [0, 0.05) is 19.1 Å². The Morgan fingerprint density at radius 3 is 2.37 bits per heavy atom. The van der Waals surface area contributed by atoms with Gasteiger partial charge in [-0.1, -0.05) is 29.8 Å². The van der Waals surface area contributed by atoms with E-state index in [1.54, 1.807) is 0 Å². The summed E-state index contributed by atoms with van der Waals surface area (Å²) in [4.78, 5) is 4.83. The second-order valence-corrected chi connectivity index (χ2v) is 5.67. The van der Waals surface area contributed by atoms with Crippen LogP contribution in [0.1, 0.15) is 23.6 Å². The molecule has 1 fully saturated rings. The first-order valence-corrected chi connectivity index (χ1v) is 7.20. The molecule has 1 aliphatic heterocycles. The summed E-state index contributed by atoms with van der Waals surface area (Å²) in [6.07, 6.45) is 1.18. The number of ether oxygens (including phenoxy) is 1. The van der Waals surface area contributed by atoms with E-state index in [9.17, 15) is 0 Å². The minimum Gasteiger partial charge on any atom is -0.379 e. The van der Waals surface area contributed by atoms with Crippen LogP contribution in [-0.2, 0) is 4.74 Å². The molecule has 106 valence electrons. The van der Waals surface area contributed by atoms with Gasteiger partial charge in [0.1, 0.15) is 0 Å². The maximum absolute atomic E-state index is 5.48. The lowest BCUT2D eigenvalue weighted by atomic mass is 10.00. The van der Waals surface area contributed by atoms with Gasteiger partial charge >= 0.3 is 0 Å². The van der Waals surface area contributed by atoms with Gasteiger partial charge in [0.15, 0.2) is 0 Å². The highest BCUT2D eigenvalue weighted by molar-refractivity contribution is 5.24. The number of morpholine rings is 1. The molecule has 0 saturated carbocycles. The first kappa shape index (κ1) is 14.5. The van der Waals surface area contributed by atoms with E-state index in [1.807, 2.05) is 0 Å². The van der Waals surface area contributed by atoms with E-state index in [4.69, 9.17) is 4.74 Å². The molecule has 1 saturated heterocycles. The van der Waals surface area contributed by atoms with Crippen LogP contribution >= 0.6 is 0 Å². The van der Waals surface area contributed by atoms with Crippen LogP contribution in [-0.4, -0.2) is 56.7 Å². The summed E-state index contributed by atoms with van der Waals surface area (Å²) in [5.41, 5.74) is 2.77. The lowest BCUT2D eigenvalue weighted by Crippen LogP contribution is -2.40. The molecule has 19 heavy (non-hydrogen) atoms. The average Bonchev–Trinajstić information content (AvgIpc) is 2.42. The molecule has 0 radical (unpaired) electrons. The van der Waals surface area contributed by atoms with Crippen molar-refractivity contribution in [3.63, 3.8) is 0 Å². The zero-order valence-electron chi connectivity index (χ0n) is 12.4. The summed E-state index contributed by atoms with van der Waals surface area (Å²) >= 11 is 0. The predicted molar refractivity (Wildman–Crippen MR) is 79.5 cm³/mol.